The zero-order chi connectivity index (χ0) is 22.2. The number of benzene rings is 2. The normalized spacial score (nSPS) is 17.1. The van der Waals surface area contributed by atoms with Gasteiger partial charge in [0, 0.05) is 36.8 Å². The van der Waals surface area contributed by atoms with Crippen molar-refractivity contribution in [2.24, 2.45) is 5.92 Å². The second-order valence-corrected chi connectivity index (χ2v) is 8.82. The number of aromatic nitrogens is 2. The lowest BCUT2D eigenvalue weighted by atomic mass is 10.1. The number of anilines is 2. The van der Waals surface area contributed by atoms with Crippen molar-refractivity contribution in [2.75, 3.05) is 11.9 Å². The summed E-state index contributed by atoms with van der Waals surface area (Å²) in [7, 11) is 0. The highest BCUT2D eigenvalue weighted by Gasteiger charge is 2.37. The Morgan fingerprint density at radius 3 is 2.62 bits per heavy atom. The minimum Gasteiger partial charge on any atom is -0.340 e. The Morgan fingerprint density at radius 1 is 1.16 bits per heavy atom. The SMILES string of the molecule is O=CCC(C1CC1)N1CCn2c(nc(-c3ccc(F)cc3)c2Nc2ccc(Cl)c(F)c2)C1. The summed E-state index contributed by atoms with van der Waals surface area (Å²) in [6, 6.07) is 11.0. The third-order valence-corrected chi connectivity index (χ3v) is 6.58. The summed E-state index contributed by atoms with van der Waals surface area (Å²) >= 11 is 5.84. The first-order chi connectivity index (χ1) is 15.5. The second-order valence-electron chi connectivity index (χ2n) is 8.42. The van der Waals surface area contributed by atoms with Crippen LogP contribution in [-0.4, -0.2) is 33.3 Å². The van der Waals surface area contributed by atoms with Crippen LogP contribution in [-0.2, 0) is 17.9 Å². The molecule has 1 unspecified atom stereocenters. The number of halogens is 3. The fourth-order valence-corrected chi connectivity index (χ4v) is 4.62. The Kier molecular flexibility index (Phi) is 5.69. The summed E-state index contributed by atoms with van der Waals surface area (Å²) in [4.78, 5) is 18.5. The number of aldehydes is 1. The molecule has 3 aromatic rings. The van der Waals surface area contributed by atoms with E-state index in [1.807, 2.05) is 0 Å². The molecule has 1 aliphatic carbocycles. The van der Waals surface area contributed by atoms with Crippen LogP contribution in [0.15, 0.2) is 42.5 Å². The molecule has 5 nitrogen and oxygen atoms in total. The Morgan fingerprint density at radius 2 is 1.94 bits per heavy atom. The molecule has 2 heterocycles. The molecule has 0 radical (unpaired) electrons. The highest BCUT2D eigenvalue weighted by molar-refractivity contribution is 6.30. The van der Waals surface area contributed by atoms with Crippen molar-refractivity contribution in [3.8, 4) is 11.3 Å². The summed E-state index contributed by atoms with van der Waals surface area (Å²) < 4.78 is 29.7. The number of carbonyl (C=O) groups is 1. The average Bonchev–Trinajstić information content (AvgIpc) is 3.57. The maximum Gasteiger partial charge on any atom is 0.143 e. The minimum absolute atomic E-state index is 0.0570. The third-order valence-electron chi connectivity index (χ3n) is 6.27. The van der Waals surface area contributed by atoms with Gasteiger partial charge in [0.15, 0.2) is 0 Å². The summed E-state index contributed by atoms with van der Waals surface area (Å²) in [5.41, 5.74) is 2.00. The molecule has 1 saturated carbocycles. The van der Waals surface area contributed by atoms with E-state index in [-0.39, 0.29) is 16.9 Å². The molecular formula is C24H23ClF2N4O. The van der Waals surface area contributed by atoms with Crippen LogP contribution in [0.5, 0.6) is 0 Å². The van der Waals surface area contributed by atoms with Crippen LogP contribution in [0.2, 0.25) is 5.02 Å². The zero-order valence-electron chi connectivity index (χ0n) is 17.4. The first-order valence-electron chi connectivity index (χ1n) is 10.8. The van der Waals surface area contributed by atoms with Crippen molar-refractivity contribution in [1.82, 2.24) is 14.5 Å². The highest BCUT2D eigenvalue weighted by Crippen LogP contribution is 2.39. The van der Waals surface area contributed by atoms with E-state index in [9.17, 15) is 13.6 Å². The van der Waals surface area contributed by atoms with E-state index in [4.69, 9.17) is 16.6 Å². The number of imidazole rings is 1. The van der Waals surface area contributed by atoms with Crippen LogP contribution in [0, 0.1) is 17.6 Å². The van der Waals surface area contributed by atoms with Gasteiger partial charge in [0.1, 0.15) is 35.3 Å². The van der Waals surface area contributed by atoms with Crippen LogP contribution in [0.1, 0.15) is 25.1 Å². The fourth-order valence-electron chi connectivity index (χ4n) is 4.50. The maximum atomic E-state index is 14.0. The largest absolute Gasteiger partial charge is 0.340 e. The number of hydrogen-bond acceptors (Lipinski definition) is 4. The number of hydrogen-bond donors (Lipinski definition) is 1. The molecule has 0 amide bonds. The van der Waals surface area contributed by atoms with Crippen molar-refractivity contribution in [3.05, 3.63) is 64.9 Å². The number of nitrogens with one attached hydrogen (secondary N) is 1. The molecule has 0 bridgehead atoms. The quantitative estimate of drug-likeness (QED) is 0.483. The molecule has 2 aliphatic rings. The molecule has 2 aromatic carbocycles. The molecule has 1 aliphatic heterocycles. The summed E-state index contributed by atoms with van der Waals surface area (Å²) in [5.74, 6) is 1.34. The molecule has 8 heteroatoms. The lowest BCUT2D eigenvalue weighted by molar-refractivity contribution is -0.109. The van der Waals surface area contributed by atoms with E-state index < -0.39 is 5.82 Å². The number of carbonyl (C=O) groups excluding carboxylic acids is 1. The van der Waals surface area contributed by atoms with Gasteiger partial charge in [0.2, 0.25) is 0 Å². The third kappa shape index (κ3) is 4.14. The monoisotopic (exact) mass is 456 g/mol. The smallest absolute Gasteiger partial charge is 0.143 e. The molecule has 1 atom stereocenters. The molecular weight excluding hydrogens is 434 g/mol. The summed E-state index contributed by atoms with van der Waals surface area (Å²) in [5, 5.41) is 3.36. The second kappa shape index (κ2) is 8.64. The molecule has 1 fully saturated rings. The van der Waals surface area contributed by atoms with Gasteiger partial charge in [-0.2, -0.15) is 0 Å². The topological polar surface area (TPSA) is 50.2 Å². The van der Waals surface area contributed by atoms with Gasteiger partial charge in [0.05, 0.1) is 11.6 Å². The predicted molar refractivity (Wildman–Crippen MR) is 120 cm³/mol. The van der Waals surface area contributed by atoms with E-state index >= 15 is 0 Å². The zero-order valence-corrected chi connectivity index (χ0v) is 18.2. The molecule has 166 valence electrons. The maximum absolute atomic E-state index is 14.0. The van der Waals surface area contributed by atoms with E-state index in [0.29, 0.717) is 36.8 Å². The number of fused-ring (bicyclic) bond motifs is 1. The average molecular weight is 457 g/mol. The van der Waals surface area contributed by atoms with E-state index in [1.54, 1.807) is 18.2 Å². The molecule has 1 aromatic heterocycles. The Bertz CT molecular complexity index is 1140. The van der Waals surface area contributed by atoms with Gasteiger partial charge < -0.3 is 14.7 Å². The molecule has 0 saturated heterocycles. The van der Waals surface area contributed by atoms with Gasteiger partial charge >= 0.3 is 0 Å². The van der Waals surface area contributed by atoms with Gasteiger partial charge in [0.25, 0.3) is 0 Å². The fraction of sp³-hybridized carbons (Fsp3) is 0.333. The van der Waals surface area contributed by atoms with Crippen LogP contribution in [0.25, 0.3) is 11.3 Å². The number of rotatable bonds is 7. The van der Waals surface area contributed by atoms with Gasteiger partial charge in [-0.15, -0.1) is 0 Å². The van der Waals surface area contributed by atoms with Crippen molar-refractivity contribution in [1.29, 1.82) is 0 Å². The Labute approximate surface area is 190 Å². The molecule has 0 spiro atoms. The van der Waals surface area contributed by atoms with Crippen LogP contribution < -0.4 is 5.32 Å². The summed E-state index contributed by atoms with van der Waals surface area (Å²) in [6.07, 6.45) is 3.87. The summed E-state index contributed by atoms with van der Waals surface area (Å²) in [6.45, 7) is 2.11. The first kappa shape index (κ1) is 21.1. The van der Waals surface area contributed by atoms with Crippen LogP contribution in [0.4, 0.5) is 20.3 Å². The Balaban J connectivity index is 1.52. The van der Waals surface area contributed by atoms with E-state index in [0.717, 1.165) is 30.0 Å². The predicted octanol–water partition coefficient (Wildman–Crippen LogP) is 5.41. The van der Waals surface area contributed by atoms with Gasteiger partial charge in [-0.3, -0.25) is 4.90 Å². The number of nitrogens with zero attached hydrogens (tertiary/aromatic N) is 3. The van der Waals surface area contributed by atoms with E-state index in [2.05, 4.69) is 14.8 Å². The van der Waals surface area contributed by atoms with Crippen LogP contribution in [0.3, 0.4) is 0 Å². The molecule has 1 N–H and O–H groups in total. The highest BCUT2D eigenvalue weighted by atomic mass is 35.5. The van der Waals surface area contributed by atoms with Crippen molar-refractivity contribution >= 4 is 29.4 Å². The van der Waals surface area contributed by atoms with Gasteiger partial charge in [-0.25, -0.2) is 13.8 Å². The minimum atomic E-state index is -0.509. The van der Waals surface area contributed by atoms with Gasteiger partial charge in [-0.1, -0.05) is 11.6 Å². The molecule has 5 rings (SSSR count). The van der Waals surface area contributed by atoms with Crippen molar-refractivity contribution < 1.29 is 13.6 Å². The molecule has 32 heavy (non-hydrogen) atoms. The lowest BCUT2D eigenvalue weighted by Gasteiger charge is -2.34. The first-order valence-corrected chi connectivity index (χ1v) is 11.2. The van der Waals surface area contributed by atoms with Crippen LogP contribution >= 0.6 is 11.6 Å². The van der Waals surface area contributed by atoms with Crippen molar-refractivity contribution in [3.63, 3.8) is 0 Å². The lowest BCUT2D eigenvalue weighted by Crippen LogP contribution is -2.42. The van der Waals surface area contributed by atoms with Crippen molar-refractivity contribution in [2.45, 2.75) is 38.4 Å². The van der Waals surface area contributed by atoms with Gasteiger partial charge in [-0.05, 0) is 61.2 Å². The Hall–Kier alpha value is -2.77. The van der Waals surface area contributed by atoms with E-state index in [1.165, 1.54) is 37.1 Å². The standard InChI is InChI=1S/C24H23ClF2N4O/c25-19-8-7-18(13-20(19)27)28-24-23(16-3-5-17(26)6-4-16)29-22-14-30(10-11-31(22)24)21(9-12-32)15-1-2-15/h3-8,12-13,15,21,28H,1-2,9-11,14H2.